The van der Waals surface area contributed by atoms with E-state index in [0.717, 1.165) is 37.4 Å². The Morgan fingerprint density at radius 1 is 1.04 bits per heavy atom. The number of hydrogen-bond donors (Lipinski definition) is 1. The number of piperidine rings is 1. The minimum absolute atomic E-state index is 0.00401. The molecule has 2 aliphatic heterocycles. The van der Waals surface area contributed by atoms with Crippen molar-refractivity contribution in [1.82, 2.24) is 14.9 Å². The maximum absolute atomic E-state index is 12.4. The maximum atomic E-state index is 12.4. The summed E-state index contributed by atoms with van der Waals surface area (Å²) in [6.07, 6.45) is 6.46. The summed E-state index contributed by atoms with van der Waals surface area (Å²) in [7, 11) is 0. The molecule has 1 aromatic heterocycles. The normalized spacial score (nSPS) is 16.1. The number of benzene rings is 1. The van der Waals surface area contributed by atoms with Gasteiger partial charge in [0, 0.05) is 37.2 Å². The molecule has 0 unspecified atom stereocenters. The van der Waals surface area contributed by atoms with Crippen LogP contribution in [0.3, 0.4) is 0 Å². The molecule has 124 valence electrons. The van der Waals surface area contributed by atoms with Crippen molar-refractivity contribution in [3.05, 3.63) is 36.2 Å². The molecule has 0 atom stereocenters. The van der Waals surface area contributed by atoms with Crippen LogP contribution in [0.2, 0.25) is 0 Å². The molecule has 0 radical (unpaired) electrons. The third-order valence-electron chi connectivity index (χ3n) is 4.17. The van der Waals surface area contributed by atoms with Gasteiger partial charge in [0.05, 0.1) is 5.56 Å². The second kappa shape index (κ2) is 6.35. The molecule has 4 rings (SSSR count). The number of carbonyl (C=O) groups excluding carboxylic acids is 1. The third kappa shape index (κ3) is 2.97. The Hall–Kier alpha value is -2.83. The van der Waals surface area contributed by atoms with E-state index in [1.54, 1.807) is 12.4 Å². The Bertz CT molecular complexity index is 742. The van der Waals surface area contributed by atoms with E-state index < -0.39 is 0 Å². The van der Waals surface area contributed by atoms with E-state index in [0.29, 0.717) is 17.3 Å². The molecule has 0 bridgehead atoms. The predicted octanol–water partition coefficient (Wildman–Crippen LogP) is 2.58. The molecular weight excluding hydrogens is 308 g/mol. The van der Waals surface area contributed by atoms with E-state index in [1.165, 1.54) is 6.42 Å². The molecule has 0 saturated carbocycles. The van der Waals surface area contributed by atoms with Gasteiger partial charge in [0.15, 0.2) is 11.5 Å². The van der Waals surface area contributed by atoms with Gasteiger partial charge in [-0.1, -0.05) is 0 Å². The van der Waals surface area contributed by atoms with Crippen LogP contribution in [0.4, 0.5) is 11.6 Å². The van der Waals surface area contributed by atoms with Crippen molar-refractivity contribution in [3.63, 3.8) is 0 Å². The lowest BCUT2D eigenvalue weighted by Gasteiger charge is -2.26. The van der Waals surface area contributed by atoms with Gasteiger partial charge in [0.25, 0.3) is 5.91 Å². The fraction of sp³-hybridized carbons (Fsp3) is 0.353. The van der Waals surface area contributed by atoms with Crippen molar-refractivity contribution in [2.24, 2.45) is 0 Å². The summed E-state index contributed by atoms with van der Waals surface area (Å²) in [5, 5.41) is 3.10. The quantitative estimate of drug-likeness (QED) is 0.934. The van der Waals surface area contributed by atoms with E-state index >= 15 is 0 Å². The van der Waals surface area contributed by atoms with Gasteiger partial charge in [-0.15, -0.1) is 0 Å². The highest BCUT2D eigenvalue weighted by molar-refractivity contribution is 5.93. The zero-order valence-corrected chi connectivity index (χ0v) is 13.2. The van der Waals surface area contributed by atoms with E-state index in [4.69, 9.17) is 9.47 Å². The van der Waals surface area contributed by atoms with Crippen molar-refractivity contribution < 1.29 is 14.3 Å². The van der Waals surface area contributed by atoms with Gasteiger partial charge in [-0.05, 0) is 31.4 Å². The third-order valence-corrected chi connectivity index (χ3v) is 4.17. The molecule has 0 spiro atoms. The standard InChI is InChI=1S/C17H18N4O3/c22-16(21-6-2-1-3-7-21)12-9-18-17(19-10-12)20-13-4-5-14-15(8-13)24-11-23-14/h4-5,8-10H,1-3,6-7,11H2,(H,18,19,20). The van der Waals surface area contributed by atoms with Crippen LogP contribution in [0.25, 0.3) is 0 Å². The number of ether oxygens (including phenoxy) is 2. The number of nitrogens with one attached hydrogen (secondary N) is 1. The Morgan fingerprint density at radius 2 is 1.79 bits per heavy atom. The molecule has 1 fully saturated rings. The summed E-state index contributed by atoms with van der Waals surface area (Å²) in [5.41, 5.74) is 1.32. The minimum Gasteiger partial charge on any atom is -0.454 e. The van der Waals surface area contributed by atoms with Crippen molar-refractivity contribution in [1.29, 1.82) is 0 Å². The SMILES string of the molecule is O=C(c1cnc(Nc2ccc3c(c2)OCO3)nc1)N1CCCCC1. The largest absolute Gasteiger partial charge is 0.454 e. The molecule has 0 aliphatic carbocycles. The monoisotopic (exact) mass is 326 g/mol. The van der Waals surface area contributed by atoms with E-state index in [-0.39, 0.29) is 12.7 Å². The number of hydrogen-bond acceptors (Lipinski definition) is 6. The van der Waals surface area contributed by atoms with Gasteiger partial charge >= 0.3 is 0 Å². The fourth-order valence-electron chi connectivity index (χ4n) is 2.89. The highest BCUT2D eigenvalue weighted by Gasteiger charge is 2.19. The smallest absolute Gasteiger partial charge is 0.256 e. The molecule has 2 aromatic rings. The number of rotatable bonds is 3. The lowest BCUT2D eigenvalue weighted by molar-refractivity contribution is 0.0723. The minimum atomic E-state index is 0.00401. The number of aromatic nitrogens is 2. The lowest BCUT2D eigenvalue weighted by Crippen LogP contribution is -2.35. The van der Waals surface area contributed by atoms with E-state index in [1.807, 2.05) is 23.1 Å². The van der Waals surface area contributed by atoms with Gasteiger partial charge in [0.1, 0.15) is 0 Å². The van der Waals surface area contributed by atoms with Gasteiger partial charge in [-0.25, -0.2) is 9.97 Å². The topological polar surface area (TPSA) is 76.6 Å². The zero-order chi connectivity index (χ0) is 16.4. The molecule has 1 N–H and O–H groups in total. The Kier molecular flexibility index (Phi) is 3.90. The van der Waals surface area contributed by atoms with Gasteiger partial charge < -0.3 is 19.7 Å². The first-order valence-electron chi connectivity index (χ1n) is 8.07. The maximum Gasteiger partial charge on any atom is 0.256 e. The number of amides is 1. The fourth-order valence-corrected chi connectivity index (χ4v) is 2.89. The first-order chi connectivity index (χ1) is 11.8. The summed E-state index contributed by atoms with van der Waals surface area (Å²) >= 11 is 0. The molecule has 24 heavy (non-hydrogen) atoms. The Morgan fingerprint density at radius 3 is 2.58 bits per heavy atom. The van der Waals surface area contributed by atoms with Crippen molar-refractivity contribution in [2.45, 2.75) is 19.3 Å². The molecule has 1 aromatic carbocycles. The van der Waals surface area contributed by atoms with Crippen molar-refractivity contribution in [3.8, 4) is 11.5 Å². The van der Waals surface area contributed by atoms with Gasteiger partial charge in [0.2, 0.25) is 12.7 Å². The summed E-state index contributed by atoms with van der Waals surface area (Å²) in [6.45, 7) is 1.87. The summed E-state index contributed by atoms with van der Waals surface area (Å²) < 4.78 is 10.6. The number of fused-ring (bicyclic) bond motifs is 1. The Labute approximate surface area is 139 Å². The second-order valence-electron chi connectivity index (χ2n) is 5.84. The van der Waals surface area contributed by atoms with E-state index in [2.05, 4.69) is 15.3 Å². The van der Waals surface area contributed by atoms with Crippen molar-refractivity contribution in [2.75, 3.05) is 25.2 Å². The second-order valence-corrected chi connectivity index (χ2v) is 5.84. The summed E-state index contributed by atoms with van der Waals surface area (Å²) in [5.74, 6) is 1.86. The van der Waals surface area contributed by atoms with Crippen LogP contribution in [0.1, 0.15) is 29.6 Å². The lowest BCUT2D eigenvalue weighted by atomic mass is 10.1. The molecular formula is C17H18N4O3. The van der Waals surface area contributed by atoms with E-state index in [9.17, 15) is 4.79 Å². The number of anilines is 2. The van der Waals surface area contributed by atoms with Crippen molar-refractivity contribution >= 4 is 17.5 Å². The zero-order valence-electron chi connectivity index (χ0n) is 13.2. The molecule has 3 heterocycles. The molecule has 1 saturated heterocycles. The average molecular weight is 326 g/mol. The molecule has 7 nitrogen and oxygen atoms in total. The van der Waals surface area contributed by atoms with Crippen LogP contribution in [0.5, 0.6) is 11.5 Å². The van der Waals surface area contributed by atoms with Crippen LogP contribution in [-0.2, 0) is 0 Å². The molecule has 7 heteroatoms. The van der Waals surface area contributed by atoms with Crippen LogP contribution in [0.15, 0.2) is 30.6 Å². The number of carbonyl (C=O) groups is 1. The highest BCUT2D eigenvalue weighted by atomic mass is 16.7. The predicted molar refractivity (Wildman–Crippen MR) is 87.6 cm³/mol. The summed E-state index contributed by atoms with van der Waals surface area (Å²) in [6, 6.07) is 5.53. The average Bonchev–Trinajstić information content (AvgIpc) is 3.10. The Balaban J connectivity index is 1.44. The number of likely N-dealkylation sites (tertiary alicyclic amines) is 1. The highest BCUT2D eigenvalue weighted by Crippen LogP contribution is 2.34. The molecule has 2 aliphatic rings. The molecule has 1 amide bonds. The first-order valence-corrected chi connectivity index (χ1v) is 8.07. The first kappa shape index (κ1) is 14.7. The number of nitrogens with zero attached hydrogens (tertiary/aromatic N) is 3. The van der Waals surface area contributed by atoms with Crippen LogP contribution < -0.4 is 14.8 Å². The summed E-state index contributed by atoms with van der Waals surface area (Å²) in [4.78, 5) is 22.7. The van der Waals surface area contributed by atoms with Gasteiger partial charge in [-0.3, -0.25) is 4.79 Å². The van der Waals surface area contributed by atoms with Crippen LogP contribution in [0, 0.1) is 0 Å². The van der Waals surface area contributed by atoms with Gasteiger partial charge in [-0.2, -0.15) is 0 Å². The van der Waals surface area contributed by atoms with Crippen LogP contribution in [-0.4, -0.2) is 40.7 Å². The van der Waals surface area contributed by atoms with Crippen LogP contribution >= 0.6 is 0 Å².